The summed E-state index contributed by atoms with van der Waals surface area (Å²) in [6, 6.07) is 49.9. The maximum Gasteiger partial charge on any atom is 0.160 e. The van der Waals surface area contributed by atoms with E-state index in [1.807, 2.05) is 54.6 Å². The van der Waals surface area contributed by atoms with Gasteiger partial charge in [-0.15, -0.1) is 0 Å². The molecule has 6 aromatic carbocycles. The topological polar surface area (TPSA) is 49.6 Å². The number of rotatable bonds is 6. The van der Waals surface area contributed by atoms with E-state index in [-0.39, 0.29) is 0 Å². The quantitative estimate of drug-likeness (QED) is 0.143. The molecule has 3 heteroatoms. The van der Waals surface area contributed by atoms with Gasteiger partial charge >= 0.3 is 0 Å². The Hall–Kier alpha value is -6.11. The summed E-state index contributed by atoms with van der Waals surface area (Å²) in [6.45, 7) is 4.22. The summed E-state index contributed by atoms with van der Waals surface area (Å²) in [5.74, 6) is 0.701. The van der Waals surface area contributed by atoms with Crippen molar-refractivity contribution in [2.75, 3.05) is 0 Å². The molecule has 0 spiro atoms. The van der Waals surface area contributed by atoms with Gasteiger partial charge in [0.05, 0.1) is 23.0 Å². The first-order valence-electron chi connectivity index (χ1n) is 15.4. The summed E-state index contributed by atoms with van der Waals surface area (Å²) in [6.07, 6.45) is 4.43. The summed E-state index contributed by atoms with van der Waals surface area (Å²) < 4.78 is 0. The lowest BCUT2D eigenvalue weighted by molar-refractivity contribution is 1.15. The standard InChI is InChI=1S/C43H31N3/c1-3-31(25-29(2)39-27-40(32-16-6-4-7-17-32)46-43(45-39)33-18-8-5-9-19-33)41-35-21-10-12-23-37(35)42(38-24-13-11-22-36(38)41)34-20-14-15-30(26-34)28-44/h3-27H,1-2H3/b29-25+,31-3+. The van der Waals surface area contributed by atoms with Crippen molar-refractivity contribution in [1.29, 1.82) is 5.26 Å². The zero-order chi connectivity index (χ0) is 31.5. The van der Waals surface area contributed by atoms with Gasteiger partial charge < -0.3 is 0 Å². The van der Waals surface area contributed by atoms with E-state index in [2.05, 4.69) is 117 Å². The third-order valence-corrected chi connectivity index (χ3v) is 8.42. The average Bonchev–Trinajstić information content (AvgIpc) is 3.13. The first-order chi connectivity index (χ1) is 22.6. The Kier molecular flexibility index (Phi) is 7.77. The zero-order valence-electron chi connectivity index (χ0n) is 25.8. The Morgan fingerprint density at radius 1 is 0.609 bits per heavy atom. The summed E-state index contributed by atoms with van der Waals surface area (Å²) in [4.78, 5) is 10.0. The number of aromatic nitrogens is 2. The van der Waals surface area contributed by atoms with Gasteiger partial charge in [0.25, 0.3) is 0 Å². The van der Waals surface area contributed by atoms with Crippen LogP contribution in [0.1, 0.15) is 30.7 Å². The highest BCUT2D eigenvalue weighted by Crippen LogP contribution is 2.42. The molecule has 0 fully saturated rings. The molecule has 0 saturated carbocycles. The highest BCUT2D eigenvalue weighted by molar-refractivity contribution is 6.19. The second kappa shape index (κ2) is 12.5. The second-order valence-corrected chi connectivity index (χ2v) is 11.3. The average molecular weight is 590 g/mol. The van der Waals surface area contributed by atoms with Crippen LogP contribution < -0.4 is 0 Å². The lowest BCUT2D eigenvalue weighted by Crippen LogP contribution is -1.98. The minimum atomic E-state index is 0.650. The number of benzene rings is 6. The number of nitriles is 1. The lowest BCUT2D eigenvalue weighted by Gasteiger charge is -2.18. The van der Waals surface area contributed by atoms with Crippen molar-refractivity contribution < 1.29 is 0 Å². The van der Waals surface area contributed by atoms with E-state index in [1.54, 1.807) is 0 Å². The van der Waals surface area contributed by atoms with Gasteiger partial charge in [-0.3, -0.25) is 0 Å². The molecule has 218 valence electrons. The molecule has 0 atom stereocenters. The van der Waals surface area contributed by atoms with E-state index in [9.17, 15) is 5.26 Å². The fourth-order valence-electron chi connectivity index (χ4n) is 6.22. The normalized spacial score (nSPS) is 11.9. The maximum atomic E-state index is 9.65. The van der Waals surface area contributed by atoms with Crippen molar-refractivity contribution in [3.63, 3.8) is 0 Å². The first kappa shape index (κ1) is 28.6. The number of nitrogens with zero attached hydrogens (tertiary/aromatic N) is 3. The third kappa shape index (κ3) is 5.38. The van der Waals surface area contributed by atoms with Crippen LogP contribution in [0.5, 0.6) is 0 Å². The first-order valence-corrected chi connectivity index (χ1v) is 15.4. The molecule has 3 nitrogen and oxygen atoms in total. The van der Waals surface area contributed by atoms with E-state index in [4.69, 9.17) is 9.97 Å². The molecule has 46 heavy (non-hydrogen) atoms. The van der Waals surface area contributed by atoms with Crippen LogP contribution in [0.25, 0.3) is 66.5 Å². The number of allylic oxidation sites excluding steroid dienone is 4. The van der Waals surface area contributed by atoms with Gasteiger partial charge in [0.15, 0.2) is 5.82 Å². The van der Waals surface area contributed by atoms with Crippen LogP contribution in [0.2, 0.25) is 0 Å². The van der Waals surface area contributed by atoms with Gasteiger partial charge in [0, 0.05) is 11.1 Å². The smallest absolute Gasteiger partial charge is 0.160 e. The van der Waals surface area contributed by atoms with Crippen LogP contribution in [0.15, 0.2) is 152 Å². The minimum Gasteiger partial charge on any atom is -0.228 e. The summed E-state index contributed by atoms with van der Waals surface area (Å²) in [5, 5.41) is 14.3. The van der Waals surface area contributed by atoms with Crippen molar-refractivity contribution in [2.24, 2.45) is 0 Å². The minimum absolute atomic E-state index is 0.650. The highest BCUT2D eigenvalue weighted by atomic mass is 14.9. The van der Waals surface area contributed by atoms with E-state index in [0.717, 1.165) is 66.3 Å². The van der Waals surface area contributed by atoms with Gasteiger partial charge in [0.2, 0.25) is 0 Å². The van der Waals surface area contributed by atoms with Crippen molar-refractivity contribution >= 4 is 32.7 Å². The Morgan fingerprint density at radius 2 is 1.17 bits per heavy atom. The second-order valence-electron chi connectivity index (χ2n) is 11.3. The predicted molar refractivity (Wildman–Crippen MR) is 192 cm³/mol. The van der Waals surface area contributed by atoms with Crippen LogP contribution >= 0.6 is 0 Å². The Balaban J connectivity index is 1.44. The van der Waals surface area contributed by atoms with Crippen molar-refractivity contribution in [3.05, 3.63) is 168 Å². The van der Waals surface area contributed by atoms with Crippen LogP contribution in [0, 0.1) is 11.3 Å². The van der Waals surface area contributed by atoms with E-state index < -0.39 is 0 Å². The molecule has 0 aliphatic carbocycles. The molecule has 0 amide bonds. The molecule has 0 N–H and O–H groups in total. The maximum absolute atomic E-state index is 9.65. The molecule has 7 rings (SSSR count). The molecular weight excluding hydrogens is 558 g/mol. The van der Waals surface area contributed by atoms with E-state index in [0.29, 0.717) is 11.4 Å². The van der Waals surface area contributed by atoms with Crippen molar-refractivity contribution in [1.82, 2.24) is 9.97 Å². The zero-order valence-corrected chi connectivity index (χ0v) is 25.8. The molecular formula is C43H31N3. The molecule has 7 aromatic rings. The Labute approximate surface area is 269 Å². The number of fused-ring (bicyclic) bond motifs is 2. The molecule has 0 saturated heterocycles. The van der Waals surface area contributed by atoms with Crippen molar-refractivity contribution in [2.45, 2.75) is 13.8 Å². The highest BCUT2D eigenvalue weighted by Gasteiger charge is 2.18. The van der Waals surface area contributed by atoms with E-state index in [1.165, 1.54) is 5.56 Å². The monoisotopic (exact) mass is 589 g/mol. The van der Waals surface area contributed by atoms with Crippen LogP contribution in [-0.2, 0) is 0 Å². The SMILES string of the molecule is C/C=C(\C=C(/C)c1cc(-c2ccccc2)nc(-c2ccccc2)n1)c1c2ccccc2c(-c2cccc(C#N)c2)c2ccccc12. The number of hydrogen-bond donors (Lipinski definition) is 0. The van der Waals surface area contributed by atoms with Crippen LogP contribution in [0.3, 0.4) is 0 Å². The van der Waals surface area contributed by atoms with E-state index >= 15 is 0 Å². The molecule has 0 aliphatic heterocycles. The van der Waals surface area contributed by atoms with Gasteiger partial charge in [-0.2, -0.15) is 5.26 Å². The van der Waals surface area contributed by atoms with Crippen LogP contribution in [-0.4, -0.2) is 9.97 Å². The molecule has 0 aliphatic rings. The fraction of sp³-hybridized carbons (Fsp3) is 0.0465. The summed E-state index contributed by atoms with van der Waals surface area (Å²) in [5.41, 5.74) is 9.96. The van der Waals surface area contributed by atoms with Gasteiger partial charge in [0.1, 0.15) is 0 Å². The van der Waals surface area contributed by atoms with Crippen molar-refractivity contribution in [3.8, 4) is 39.8 Å². The fourth-order valence-corrected chi connectivity index (χ4v) is 6.22. The third-order valence-electron chi connectivity index (χ3n) is 8.42. The molecule has 1 aromatic heterocycles. The van der Waals surface area contributed by atoms with Gasteiger partial charge in [-0.1, -0.05) is 127 Å². The van der Waals surface area contributed by atoms with Gasteiger partial charge in [-0.05, 0) is 87.5 Å². The molecule has 0 radical (unpaired) electrons. The molecule has 0 bridgehead atoms. The number of hydrogen-bond acceptors (Lipinski definition) is 3. The summed E-state index contributed by atoms with van der Waals surface area (Å²) in [7, 11) is 0. The Morgan fingerprint density at radius 3 is 1.78 bits per heavy atom. The lowest BCUT2D eigenvalue weighted by atomic mass is 9.85. The predicted octanol–water partition coefficient (Wildman–Crippen LogP) is 11.2. The van der Waals surface area contributed by atoms with Crippen LogP contribution in [0.4, 0.5) is 0 Å². The molecule has 1 heterocycles. The van der Waals surface area contributed by atoms with Gasteiger partial charge in [-0.25, -0.2) is 9.97 Å². The Bertz CT molecular complexity index is 2210. The summed E-state index contributed by atoms with van der Waals surface area (Å²) >= 11 is 0. The largest absolute Gasteiger partial charge is 0.228 e. The molecule has 0 unspecified atom stereocenters.